The molecular weight excluding hydrogens is 326 g/mol. The average molecular weight is 345 g/mol. The number of amides is 1. The normalized spacial score (nSPS) is 17.5. The summed E-state index contributed by atoms with van der Waals surface area (Å²) in [5.74, 6) is -0.801. The van der Waals surface area contributed by atoms with Crippen LogP contribution in [0.5, 0.6) is 5.75 Å². The summed E-state index contributed by atoms with van der Waals surface area (Å²) in [6.45, 7) is 1.34. The fraction of sp³-hybridized carbons (Fsp3) is 0.333. The molecule has 6 heteroatoms. The number of hydrogen-bond acceptors (Lipinski definition) is 4. The SMILES string of the molecule is O=C(O)[C@H]1CCCN(C(=O)c2cccc(OCc3cccs3)c2)C1. The van der Waals surface area contributed by atoms with Crippen LogP contribution in [0.15, 0.2) is 41.8 Å². The first-order valence-electron chi connectivity index (χ1n) is 7.91. The van der Waals surface area contributed by atoms with Crippen LogP contribution in [0.2, 0.25) is 0 Å². The molecule has 1 aromatic carbocycles. The molecule has 0 unspecified atom stereocenters. The Kier molecular flexibility index (Phi) is 5.15. The molecule has 3 rings (SSSR count). The minimum Gasteiger partial charge on any atom is -0.488 e. The van der Waals surface area contributed by atoms with E-state index in [1.807, 2.05) is 23.6 Å². The van der Waals surface area contributed by atoms with Crippen molar-refractivity contribution in [2.24, 2.45) is 5.92 Å². The van der Waals surface area contributed by atoms with Crippen LogP contribution < -0.4 is 4.74 Å². The number of carboxylic acid groups (broad SMARTS) is 1. The second-order valence-electron chi connectivity index (χ2n) is 5.82. The predicted octanol–water partition coefficient (Wildman–Crippen LogP) is 3.26. The zero-order chi connectivity index (χ0) is 16.9. The lowest BCUT2D eigenvalue weighted by atomic mass is 9.97. The van der Waals surface area contributed by atoms with Gasteiger partial charge in [0, 0.05) is 23.5 Å². The number of rotatable bonds is 5. The number of carbonyl (C=O) groups is 2. The van der Waals surface area contributed by atoms with Crippen molar-refractivity contribution in [3.8, 4) is 5.75 Å². The van der Waals surface area contributed by atoms with Gasteiger partial charge in [0.05, 0.1) is 5.92 Å². The Bertz CT molecular complexity index is 714. The highest BCUT2D eigenvalue weighted by atomic mass is 32.1. The zero-order valence-electron chi connectivity index (χ0n) is 13.2. The van der Waals surface area contributed by atoms with Gasteiger partial charge in [-0.3, -0.25) is 9.59 Å². The molecule has 1 N–H and O–H groups in total. The first kappa shape index (κ1) is 16.5. The van der Waals surface area contributed by atoms with Gasteiger partial charge in [-0.2, -0.15) is 0 Å². The number of nitrogens with zero attached hydrogens (tertiary/aromatic N) is 1. The van der Waals surface area contributed by atoms with Gasteiger partial charge in [-0.25, -0.2) is 0 Å². The van der Waals surface area contributed by atoms with E-state index in [4.69, 9.17) is 9.84 Å². The van der Waals surface area contributed by atoms with Crippen LogP contribution in [0.3, 0.4) is 0 Å². The molecule has 1 aliphatic heterocycles. The van der Waals surface area contributed by atoms with E-state index in [0.29, 0.717) is 30.9 Å². The fourth-order valence-electron chi connectivity index (χ4n) is 2.81. The maximum absolute atomic E-state index is 12.6. The number of ether oxygens (including phenoxy) is 1. The van der Waals surface area contributed by atoms with Gasteiger partial charge in [0.15, 0.2) is 0 Å². The Balaban J connectivity index is 1.66. The van der Waals surface area contributed by atoms with Gasteiger partial charge in [0.2, 0.25) is 0 Å². The van der Waals surface area contributed by atoms with E-state index >= 15 is 0 Å². The van der Waals surface area contributed by atoms with Crippen molar-refractivity contribution in [2.45, 2.75) is 19.4 Å². The highest BCUT2D eigenvalue weighted by Crippen LogP contribution is 2.21. The molecule has 0 radical (unpaired) electrons. The number of piperidine rings is 1. The Hall–Kier alpha value is -2.34. The zero-order valence-corrected chi connectivity index (χ0v) is 14.0. The van der Waals surface area contributed by atoms with Gasteiger partial charge >= 0.3 is 5.97 Å². The van der Waals surface area contributed by atoms with Crippen molar-refractivity contribution in [1.29, 1.82) is 0 Å². The predicted molar refractivity (Wildman–Crippen MR) is 91.4 cm³/mol. The first-order valence-corrected chi connectivity index (χ1v) is 8.79. The Morgan fingerprint density at radius 3 is 2.92 bits per heavy atom. The maximum atomic E-state index is 12.6. The third-order valence-corrected chi connectivity index (χ3v) is 4.95. The molecule has 0 bridgehead atoms. The molecule has 1 amide bonds. The largest absolute Gasteiger partial charge is 0.488 e. The molecule has 1 aromatic heterocycles. The quantitative estimate of drug-likeness (QED) is 0.903. The third kappa shape index (κ3) is 3.94. The minimum atomic E-state index is -0.833. The highest BCUT2D eigenvalue weighted by Gasteiger charge is 2.28. The van der Waals surface area contributed by atoms with E-state index in [-0.39, 0.29) is 12.5 Å². The van der Waals surface area contributed by atoms with Crippen LogP contribution >= 0.6 is 11.3 Å². The van der Waals surface area contributed by atoms with Gasteiger partial charge in [0.25, 0.3) is 5.91 Å². The molecule has 2 heterocycles. The topological polar surface area (TPSA) is 66.8 Å². The number of carboxylic acids is 1. The monoisotopic (exact) mass is 345 g/mol. The van der Waals surface area contributed by atoms with Crippen LogP contribution in [0.1, 0.15) is 28.1 Å². The standard InChI is InChI=1S/C18H19NO4S/c20-17(19-8-2-5-14(11-19)18(21)22)13-4-1-6-15(10-13)23-12-16-7-3-9-24-16/h1,3-4,6-7,9-10,14H,2,5,8,11-12H2,(H,21,22)/t14-/m0/s1. The number of benzene rings is 1. The third-order valence-electron chi connectivity index (χ3n) is 4.10. The number of likely N-dealkylation sites (tertiary alicyclic amines) is 1. The Morgan fingerprint density at radius 1 is 1.29 bits per heavy atom. The van der Waals surface area contributed by atoms with E-state index in [2.05, 4.69) is 0 Å². The van der Waals surface area contributed by atoms with Crippen LogP contribution in [0.4, 0.5) is 0 Å². The number of carbonyl (C=O) groups excluding carboxylic acids is 1. The molecule has 1 aliphatic rings. The van der Waals surface area contributed by atoms with Crippen molar-refractivity contribution in [3.63, 3.8) is 0 Å². The van der Waals surface area contributed by atoms with Crippen molar-refractivity contribution in [3.05, 3.63) is 52.2 Å². The van der Waals surface area contributed by atoms with Crippen molar-refractivity contribution in [1.82, 2.24) is 4.90 Å². The molecule has 126 valence electrons. The Labute approximate surface area is 144 Å². The van der Waals surface area contributed by atoms with Crippen LogP contribution in [0.25, 0.3) is 0 Å². The molecule has 1 fully saturated rings. The Morgan fingerprint density at radius 2 is 2.17 bits per heavy atom. The van der Waals surface area contributed by atoms with E-state index < -0.39 is 11.9 Å². The molecule has 1 saturated heterocycles. The summed E-state index contributed by atoms with van der Waals surface area (Å²) in [5, 5.41) is 11.1. The second kappa shape index (κ2) is 7.49. The van der Waals surface area contributed by atoms with Gasteiger partial charge in [-0.05, 0) is 42.5 Å². The summed E-state index contributed by atoms with van der Waals surface area (Å²) in [6, 6.07) is 11.0. The van der Waals surface area contributed by atoms with E-state index in [1.165, 1.54) is 0 Å². The number of aliphatic carboxylic acids is 1. The summed E-state index contributed by atoms with van der Waals surface area (Å²) in [6.07, 6.45) is 1.35. The summed E-state index contributed by atoms with van der Waals surface area (Å²) in [5.41, 5.74) is 0.532. The van der Waals surface area contributed by atoms with Crippen LogP contribution in [-0.2, 0) is 11.4 Å². The van der Waals surface area contributed by atoms with E-state index in [9.17, 15) is 9.59 Å². The molecule has 1 atom stereocenters. The van der Waals surface area contributed by atoms with Gasteiger partial charge in [-0.1, -0.05) is 12.1 Å². The minimum absolute atomic E-state index is 0.137. The van der Waals surface area contributed by atoms with Crippen LogP contribution in [-0.4, -0.2) is 35.0 Å². The van der Waals surface area contributed by atoms with Gasteiger partial charge < -0.3 is 14.7 Å². The molecular formula is C18H19NO4S. The van der Waals surface area contributed by atoms with Gasteiger partial charge in [0.1, 0.15) is 12.4 Å². The fourth-order valence-corrected chi connectivity index (χ4v) is 3.43. The van der Waals surface area contributed by atoms with Crippen molar-refractivity contribution in [2.75, 3.05) is 13.1 Å². The van der Waals surface area contributed by atoms with E-state index in [0.717, 1.165) is 11.3 Å². The smallest absolute Gasteiger partial charge is 0.308 e. The summed E-state index contributed by atoms with van der Waals surface area (Å²) in [7, 11) is 0. The number of hydrogen-bond donors (Lipinski definition) is 1. The highest BCUT2D eigenvalue weighted by molar-refractivity contribution is 7.09. The molecule has 0 saturated carbocycles. The summed E-state index contributed by atoms with van der Waals surface area (Å²) < 4.78 is 5.73. The maximum Gasteiger partial charge on any atom is 0.308 e. The van der Waals surface area contributed by atoms with Crippen molar-refractivity contribution < 1.29 is 19.4 Å². The lowest BCUT2D eigenvalue weighted by molar-refractivity contribution is -0.143. The molecule has 24 heavy (non-hydrogen) atoms. The average Bonchev–Trinajstić information content (AvgIpc) is 3.13. The molecule has 5 nitrogen and oxygen atoms in total. The molecule has 0 aliphatic carbocycles. The van der Waals surface area contributed by atoms with Gasteiger partial charge in [-0.15, -0.1) is 11.3 Å². The first-order chi connectivity index (χ1) is 11.6. The number of thiophene rings is 1. The molecule has 2 aromatic rings. The lowest BCUT2D eigenvalue weighted by Crippen LogP contribution is -2.42. The van der Waals surface area contributed by atoms with Crippen molar-refractivity contribution >= 4 is 23.2 Å². The summed E-state index contributed by atoms with van der Waals surface area (Å²) in [4.78, 5) is 26.5. The molecule has 0 spiro atoms. The summed E-state index contributed by atoms with van der Waals surface area (Å²) >= 11 is 1.62. The second-order valence-corrected chi connectivity index (χ2v) is 6.86. The van der Waals surface area contributed by atoms with Crippen LogP contribution in [0, 0.1) is 5.92 Å². The lowest BCUT2D eigenvalue weighted by Gasteiger charge is -2.30. The van der Waals surface area contributed by atoms with E-state index in [1.54, 1.807) is 34.4 Å².